The summed E-state index contributed by atoms with van der Waals surface area (Å²) in [6.45, 7) is 2.72. The van der Waals surface area contributed by atoms with E-state index >= 15 is 0 Å². The van der Waals surface area contributed by atoms with Gasteiger partial charge in [-0.05, 0) is 48.9 Å². The second-order valence-electron chi connectivity index (χ2n) is 6.25. The van der Waals surface area contributed by atoms with E-state index in [0.717, 1.165) is 33.2 Å². The fourth-order valence-corrected chi connectivity index (χ4v) is 3.36. The average molecular weight is 363 g/mol. The van der Waals surface area contributed by atoms with Gasteiger partial charge >= 0.3 is 0 Å². The standard InChI is InChI=1S/C22H19ClN2O/c1-16(26-19-10-3-2-4-11-19)22-24-20-12-5-6-13-21(20)25(22)15-17-8-7-9-18(23)14-17/h2-14,16H,15H2,1H3. The summed E-state index contributed by atoms with van der Waals surface area (Å²) >= 11 is 6.16. The van der Waals surface area contributed by atoms with Gasteiger partial charge in [-0.15, -0.1) is 0 Å². The maximum Gasteiger partial charge on any atom is 0.153 e. The molecule has 26 heavy (non-hydrogen) atoms. The Morgan fingerprint density at radius 1 is 0.962 bits per heavy atom. The molecular formula is C22H19ClN2O. The maximum absolute atomic E-state index is 6.16. The fourth-order valence-electron chi connectivity index (χ4n) is 3.14. The predicted octanol–water partition coefficient (Wildman–Crippen LogP) is 5.88. The zero-order chi connectivity index (χ0) is 17.9. The molecule has 0 aliphatic heterocycles. The van der Waals surface area contributed by atoms with Gasteiger partial charge in [0.25, 0.3) is 0 Å². The quantitative estimate of drug-likeness (QED) is 0.443. The first-order valence-electron chi connectivity index (χ1n) is 8.62. The second-order valence-corrected chi connectivity index (χ2v) is 6.68. The number of fused-ring (bicyclic) bond motifs is 1. The molecule has 1 heterocycles. The van der Waals surface area contributed by atoms with Crippen LogP contribution in [-0.2, 0) is 6.54 Å². The molecule has 0 amide bonds. The summed E-state index contributed by atoms with van der Waals surface area (Å²) in [4.78, 5) is 4.83. The van der Waals surface area contributed by atoms with Crippen LogP contribution in [0.15, 0.2) is 78.9 Å². The van der Waals surface area contributed by atoms with E-state index in [-0.39, 0.29) is 6.10 Å². The summed E-state index contributed by atoms with van der Waals surface area (Å²) in [5.41, 5.74) is 3.19. The van der Waals surface area contributed by atoms with Crippen molar-refractivity contribution >= 4 is 22.6 Å². The summed E-state index contributed by atoms with van der Waals surface area (Å²) in [5, 5.41) is 0.738. The molecule has 1 unspecified atom stereocenters. The SMILES string of the molecule is CC(Oc1ccccc1)c1nc2ccccc2n1Cc1cccc(Cl)c1. The van der Waals surface area contributed by atoms with Gasteiger partial charge < -0.3 is 9.30 Å². The van der Waals surface area contributed by atoms with Gasteiger partial charge in [0, 0.05) is 11.6 Å². The van der Waals surface area contributed by atoms with Crippen molar-refractivity contribution in [3.8, 4) is 5.75 Å². The van der Waals surface area contributed by atoms with Crippen LogP contribution in [-0.4, -0.2) is 9.55 Å². The Bertz CT molecular complexity index is 1030. The number of hydrogen-bond donors (Lipinski definition) is 0. The third kappa shape index (κ3) is 3.44. The Balaban J connectivity index is 1.73. The Kier molecular flexibility index (Phi) is 4.63. The van der Waals surface area contributed by atoms with Gasteiger partial charge in [-0.25, -0.2) is 4.98 Å². The summed E-state index contributed by atoms with van der Waals surface area (Å²) in [7, 11) is 0. The average Bonchev–Trinajstić information content (AvgIpc) is 3.01. The van der Waals surface area contributed by atoms with E-state index in [1.165, 1.54) is 0 Å². The number of aromatic nitrogens is 2. The van der Waals surface area contributed by atoms with Gasteiger partial charge in [-0.2, -0.15) is 0 Å². The topological polar surface area (TPSA) is 27.1 Å². The summed E-state index contributed by atoms with van der Waals surface area (Å²) in [5.74, 6) is 1.73. The van der Waals surface area contributed by atoms with Crippen molar-refractivity contribution in [2.24, 2.45) is 0 Å². The third-order valence-electron chi connectivity index (χ3n) is 4.33. The number of benzene rings is 3. The number of imidazole rings is 1. The van der Waals surface area contributed by atoms with E-state index < -0.39 is 0 Å². The van der Waals surface area contributed by atoms with Gasteiger partial charge in [0.05, 0.1) is 11.0 Å². The number of rotatable bonds is 5. The number of halogens is 1. The van der Waals surface area contributed by atoms with Crippen LogP contribution in [0.5, 0.6) is 5.75 Å². The molecule has 0 aliphatic rings. The molecule has 0 N–H and O–H groups in total. The molecule has 0 saturated carbocycles. The van der Waals surface area contributed by atoms with Crippen molar-refractivity contribution in [3.05, 3.63) is 95.3 Å². The molecular weight excluding hydrogens is 344 g/mol. The molecule has 4 aromatic rings. The maximum atomic E-state index is 6.16. The van der Waals surface area contributed by atoms with E-state index in [1.54, 1.807) is 0 Å². The molecule has 0 saturated heterocycles. The van der Waals surface area contributed by atoms with Crippen LogP contribution in [0.25, 0.3) is 11.0 Å². The van der Waals surface area contributed by atoms with Crippen molar-refractivity contribution in [1.82, 2.24) is 9.55 Å². The summed E-state index contributed by atoms with van der Waals surface area (Å²) < 4.78 is 8.33. The molecule has 0 bridgehead atoms. The Hall–Kier alpha value is -2.78. The second kappa shape index (κ2) is 7.22. The van der Waals surface area contributed by atoms with Crippen LogP contribution in [0.1, 0.15) is 24.4 Å². The van der Waals surface area contributed by atoms with Crippen LogP contribution < -0.4 is 4.74 Å². The molecule has 1 aromatic heterocycles. The molecule has 4 heteroatoms. The molecule has 1 atom stereocenters. The number of nitrogens with zero attached hydrogens (tertiary/aromatic N) is 2. The predicted molar refractivity (Wildman–Crippen MR) is 106 cm³/mol. The van der Waals surface area contributed by atoms with Crippen LogP contribution >= 0.6 is 11.6 Å². The van der Waals surface area contributed by atoms with Crippen LogP contribution in [0.3, 0.4) is 0 Å². The third-order valence-corrected chi connectivity index (χ3v) is 4.57. The smallest absolute Gasteiger partial charge is 0.153 e. The lowest BCUT2D eigenvalue weighted by Gasteiger charge is -2.17. The number of para-hydroxylation sites is 3. The highest BCUT2D eigenvalue weighted by molar-refractivity contribution is 6.30. The van der Waals surface area contributed by atoms with Crippen molar-refractivity contribution in [2.75, 3.05) is 0 Å². The summed E-state index contributed by atoms with van der Waals surface area (Å²) in [6, 6.07) is 25.9. The lowest BCUT2D eigenvalue weighted by molar-refractivity contribution is 0.212. The van der Waals surface area contributed by atoms with Crippen molar-refractivity contribution in [2.45, 2.75) is 19.6 Å². The van der Waals surface area contributed by atoms with Gasteiger partial charge in [0.1, 0.15) is 5.75 Å². The van der Waals surface area contributed by atoms with E-state index in [1.807, 2.05) is 73.7 Å². The van der Waals surface area contributed by atoms with Crippen LogP contribution in [0.2, 0.25) is 5.02 Å². The highest BCUT2D eigenvalue weighted by Crippen LogP contribution is 2.26. The van der Waals surface area contributed by atoms with Gasteiger partial charge in [-0.1, -0.05) is 54.1 Å². The highest BCUT2D eigenvalue weighted by Gasteiger charge is 2.18. The van der Waals surface area contributed by atoms with Crippen LogP contribution in [0, 0.1) is 0 Å². The first-order valence-corrected chi connectivity index (χ1v) is 9.00. The van der Waals surface area contributed by atoms with E-state index in [2.05, 4.69) is 16.7 Å². The number of ether oxygens (including phenoxy) is 1. The van der Waals surface area contributed by atoms with Crippen molar-refractivity contribution in [1.29, 1.82) is 0 Å². The van der Waals surface area contributed by atoms with E-state index in [9.17, 15) is 0 Å². The Labute approximate surface area is 157 Å². The number of hydrogen-bond acceptors (Lipinski definition) is 2. The molecule has 3 aromatic carbocycles. The van der Waals surface area contributed by atoms with E-state index in [4.69, 9.17) is 21.3 Å². The molecule has 0 fully saturated rings. The minimum atomic E-state index is -0.177. The largest absolute Gasteiger partial charge is 0.483 e. The lowest BCUT2D eigenvalue weighted by Crippen LogP contribution is -2.12. The van der Waals surface area contributed by atoms with Gasteiger partial charge in [-0.3, -0.25) is 0 Å². The van der Waals surface area contributed by atoms with Crippen molar-refractivity contribution < 1.29 is 4.74 Å². The fraction of sp³-hybridized carbons (Fsp3) is 0.136. The highest BCUT2D eigenvalue weighted by atomic mass is 35.5. The van der Waals surface area contributed by atoms with Crippen molar-refractivity contribution in [3.63, 3.8) is 0 Å². The monoisotopic (exact) mass is 362 g/mol. The lowest BCUT2D eigenvalue weighted by atomic mass is 10.2. The molecule has 0 radical (unpaired) electrons. The van der Waals surface area contributed by atoms with E-state index in [0.29, 0.717) is 6.54 Å². The molecule has 0 spiro atoms. The normalized spacial score (nSPS) is 12.2. The zero-order valence-corrected chi connectivity index (χ0v) is 15.2. The molecule has 0 aliphatic carbocycles. The summed E-state index contributed by atoms with van der Waals surface area (Å²) in [6.07, 6.45) is -0.177. The molecule has 3 nitrogen and oxygen atoms in total. The zero-order valence-electron chi connectivity index (χ0n) is 14.5. The minimum absolute atomic E-state index is 0.177. The minimum Gasteiger partial charge on any atom is -0.483 e. The first kappa shape index (κ1) is 16.7. The Morgan fingerprint density at radius 3 is 2.54 bits per heavy atom. The molecule has 4 rings (SSSR count). The Morgan fingerprint density at radius 2 is 1.73 bits per heavy atom. The van der Waals surface area contributed by atoms with Crippen LogP contribution in [0.4, 0.5) is 0 Å². The first-order chi connectivity index (χ1) is 12.7. The molecule has 130 valence electrons. The van der Waals surface area contributed by atoms with Gasteiger partial charge in [0.15, 0.2) is 11.9 Å². The van der Waals surface area contributed by atoms with Gasteiger partial charge in [0.2, 0.25) is 0 Å².